The van der Waals surface area contributed by atoms with Gasteiger partial charge in [-0.25, -0.2) is 9.18 Å². The SMILES string of the molecule is C.COC(=O)c1ccc(C2C[C@H]3[C@@H](N2)[C@H](c2cccc(Cl)c2F)[C@]2(C(=O)Nc4cc(Cl)ccc42)N3CC2CC2)c(N)c1C. The van der Waals surface area contributed by atoms with Gasteiger partial charge in [-0.1, -0.05) is 54.9 Å². The quantitative estimate of drug-likeness (QED) is 0.219. The van der Waals surface area contributed by atoms with Gasteiger partial charge in [0.2, 0.25) is 5.91 Å². The zero-order chi connectivity index (χ0) is 29.5. The number of hydrogen-bond acceptors (Lipinski definition) is 6. The molecule has 3 aromatic rings. The van der Waals surface area contributed by atoms with Crippen LogP contribution in [0.3, 0.4) is 0 Å². The van der Waals surface area contributed by atoms with Gasteiger partial charge in [-0.2, -0.15) is 0 Å². The summed E-state index contributed by atoms with van der Waals surface area (Å²) in [4.78, 5) is 28.9. The minimum Gasteiger partial charge on any atom is -0.465 e. The standard InChI is InChI=1S/C32H31Cl2FN4O3.CH4/c1-15-18(30(40)42-2)9-10-19(28(15)36)23-13-25-29(37-23)26(20-4-3-5-22(34)27(20)35)32(39(25)14-16-6-7-16)21-11-8-17(33)12-24(21)38-31(32)41;/h3-5,8-12,16,23,25-26,29,37H,6-7,13-14,36H2,1-2H3,(H,38,41);1H4/t23?,25-,26-,29+,32+;/m0./s1. The van der Waals surface area contributed by atoms with Crippen LogP contribution in [-0.2, 0) is 15.1 Å². The Labute approximate surface area is 260 Å². The van der Waals surface area contributed by atoms with Crippen molar-refractivity contribution >= 4 is 46.5 Å². The molecule has 1 saturated carbocycles. The maximum Gasteiger partial charge on any atom is 0.338 e. The number of esters is 1. The van der Waals surface area contributed by atoms with Gasteiger partial charge in [-0.05, 0) is 73.1 Å². The number of rotatable bonds is 5. The molecule has 1 aliphatic carbocycles. The van der Waals surface area contributed by atoms with E-state index in [2.05, 4.69) is 15.5 Å². The molecule has 2 saturated heterocycles. The van der Waals surface area contributed by atoms with E-state index in [1.54, 1.807) is 30.3 Å². The maximum atomic E-state index is 16.0. The van der Waals surface area contributed by atoms with Crippen molar-refractivity contribution in [3.05, 3.63) is 92.2 Å². The zero-order valence-corrected chi connectivity index (χ0v) is 24.7. The molecule has 5 atom stereocenters. The lowest BCUT2D eigenvalue weighted by Gasteiger charge is -2.41. The molecule has 3 heterocycles. The Morgan fingerprint density at radius 3 is 2.65 bits per heavy atom. The minimum absolute atomic E-state index is 0. The molecule has 43 heavy (non-hydrogen) atoms. The summed E-state index contributed by atoms with van der Waals surface area (Å²) in [5, 5.41) is 7.40. The molecule has 10 heteroatoms. The smallest absolute Gasteiger partial charge is 0.338 e. The first-order valence-corrected chi connectivity index (χ1v) is 15.0. The van der Waals surface area contributed by atoms with E-state index in [0.29, 0.717) is 52.0 Å². The van der Waals surface area contributed by atoms with Crippen molar-refractivity contribution < 1.29 is 18.7 Å². The van der Waals surface area contributed by atoms with Crippen molar-refractivity contribution in [3.63, 3.8) is 0 Å². The Morgan fingerprint density at radius 2 is 1.93 bits per heavy atom. The maximum absolute atomic E-state index is 16.0. The second kappa shape index (κ2) is 10.8. The molecule has 0 radical (unpaired) electrons. The summed E-state index contributed by atoms with van der Waals surface area (Å²) < 4.78 is 20.9. The number of carbonyl (C=O) groups is 2. The second-order valence-corrected chi connectivity index (χ2v) is 12.8. The third kappa shape index (κ3) is 4.37. The monoisotopic (exact) mass is 624 g/mol. The van der Waals surface area contributed by atoms with Crippen LogP contribution in [0.5, 0.6) is 0 Å². The van der Waals surface area contributed by atoms with Gasteiger partial charge in [0, 0.05) is 52.5 Å². The van der Waals surface area contributed by atoms with E-state index in [0.717, 1.165) is 24.0 Å². The summed E-state index contributed by atoms with van der Waals surface area (Å²) >= 11 is 12.7. The molecule has 0 bridgehead atoms. The predicted octanol–water partition coefficient (Wildman–Crippen LogP) is 6.57. The summed E-state index contributed by atoms with van der Waals surface area (Å²) in [6, 6.07) is 13.5. The first-order valence-electron chi connectivity index (χ1n) is 14.2. The Balaban J connectivity index is 0.00000329. The number of carbonyl (C=O) groups excluding carboxylic acids is 2. The van der Waals surface area contributed by atoms with Crippen molar-refractivity contribution in [3.8, 4) is 0 Å². The van der Waals surface area contributed by atoms with Gasteiger partial charge < -0.3 is 21.1 Å². The number of amides is 1. The predicted molar refractivity (Wildman–Crippen MR) is 167 cm³/mol. The fourth-order valence-corrected chi connectivity index (χ4v) is 8.02. The number of benzene rings is 3. The number of nitrogens with one attached hydrogen (secondary N) is 2. The first-order chi connectivity index (χ1) is 20.2. The van der Waals surface area contributed by atoms with Crippen molar-refractivity contribution in [1.29, 1.82) is 0 Å². The highest BCUT2D eigenvalue weighted by molar-refractivity contribution is 6.31. The van der Waals surface area contributed by atoms with Crippen molar-refractivity contribution in [2.75, 3.05) is 24.7 Å². The summed E-state index contributed by atoms with van der Waals surface area (Å²) in [7, 11) is 1.34. The fourth-order valence-electron chi connectivity index (χ4n) is 7.66. The molecule has 4 aliphatic rings. The number of nitrogens with two attached hydrogens (primary N) is 1. The molecule has 1 spiro atoms. The van der Waals surface area contributed by atoms with Gasteiger partial charge >= 0.3 is 5.97 Å². The van der Waals surface area contributed by atoms with E-state index in [9.17, 15) is 9.59 Å². The number of nitrogen functional groups attached to an aromatic ring is 1. The third-order valence-electron chi connectivity index (χ3n) is 9.73. The lowest BCUT2D eigenvalue weighted by molar-refractivity contribution is -0.128. The van der Waals surface area contributed by atoms with E-state index in [-0.39, 0.29) is 36.5 Å². The van der Waals surface area contributed by atoms with Gasteiger partial charge in [-0.3, -0.25) is 9.69 Å². The van der Waals surface area contributed by atoms with Crippen LogP contribution in [0.1, 0.15) is 71.3 Å². The van der Waals surface area contributed by atoms with Crippen LogP contribution in [-0.4, -0.2) is 42.5 Å². The molecule has 226 valence electrons. The molecule has 3 aromatic carbocycles. The lowest BCUT2D eigenvalue weighted by Crippen LogP contribution is -2.53. The molecule has 4 N–H and O–H groups in total. The van der Waals surface area contributed by atoms with Gasteiger partial charge in [0.25, 0.3) is 0 Å². The van der Waals surface area contributed by atoms with E-state index in [4.69, 9.17) is 33.7 Å². The molecule has 7 nitrogen and oxygen atoms in total. The largest absolute Gasteiger partial charge is 0.465 e. The van der Waals surface area contributed by atoms with Crippen molar-refractivity contribution in [2.45, 2.75) is 63.2 Å². The fraction of sp³-hybridized carbons (Fsp3) is 0.394. The van der Waals surface area contributed by atoms with Gasteiger partial charge in [0.1, 0.15) is 11.4 Å². The van der Waals surface area contributed by atoms with Gasteiger partial charge in [-0.15, -0.1) is 0 Å². The molecular formula is C33H35Cl2FN4O3. The van der Waals surface area contributed by atoms with Crippen LogP contribution in [0.4, 0.5) is 15.8 Å². The summed E-state index contributed by atoms with van der Waals surface area (Å²) in [6.45, 7) is 2.52. The number of hydrogen-bond donors (Lipinski definition) is 3. The molecule has 1 unspecified atom stereocenters. The number of methoxy groups -OCH3 is 1. The van der Waals surface area contributed by atoms with E-state index >= 15 is 4.39 Å². The highest BCUT2D eigenvalue weighted by Crippen LogP contribution is 2.61. The zero-order valence-electron chi connectivity index (χ0n) is 23.2. The third-order valence-corrected chi connectivity index (χ3v) is 10.3. The van der Waals surface area contributed by atoms with Crippen LogP contribution < -0.4 is 16.4 Å². The van der Waals surface area contributed by atoms with Crippen molar-refractivity contribution in [2.24, 2.45) is 5.92 Å². The molecule has 3 aliphatic heterocycles. The number of anilines is 2. The average molecular weight is 626 g/mol. The van der Waals surface area contributed by atoms with E-state index < -0.39 is 23.2 Å². The number of nitrogens with zero attached hydrogens (tertiary/aromatic N) is 1. The topological polar surface area (TPSA) is 96.7 Å². The number of likely N-dealkylation sites (tertiary alicyclic amines) is 1. The van der Waals surface area contributed by atoms with Gasteiger partial charge in [0.15, 0.2) is 0 Å². The molecular weight excluding hydrogens is 590 g/mol. The summed E-state index contributed by atoms with van der Waals surface area (Å²) in [6.07, 6.45) is 2.83. The Morgan fingerprint density at radius 1 is 1.16 bits per heavy atom. The lowest BCUT2D eigenvalue weighted by atomic mass is 9.73. The Hall–Kier alpha value is -3.17. The number of halogens is 3. The summed E-state index contributed by atoms with van der Waals surface area (Å²) in [5.74, 6) is -1.28. The second-order valence-electron chi connectivity index (χ2n) is 11.9. The highest BCUT2D eigenvalue weighted by Gasteiger charge is 2.69. The molecule has 0 aromatic heterocycles. The minimum atomic E-state index is -1.16. The van der Waals surface area contributed by atoms with Crippen LogP contribution in [0.15, 0.2) is 48.5 Å². The van der Waals surface area contributed by atoms with Crippen LogP contribution in [0, 0.1) is 18.7 Å². The van der Waals surface area contributed by atoms with Crippen LogP contribution in [0.25, 0.3) is 0 Å². The molecule has 7 rings (SSSR count). The highest BCUT2D eigenvalue weighted by atomic mass is 35.5. The normalized spacial score (nSPS) is 27.5. The Bertz CT molecular complexity index is 1650. The van der Waals surface area contributed by atoms with E-state index in [1.807, 2.05) is 19.1 Å². The van der Waals surface area contributed by atoms with Crippen LogP contribution in [0.2, 0.25) is 10.0 Å². The average Bonchev–Trinajstić information content (AvgIpc) is 3.54. The van der Waals surface area contributed by atoms with Crippen LogP contribution >= 0.6 is 23.2 Å². The molecule has 1 amide bonds. The van der Waals surface area contributed by atoms with Crippen molar-refractivity contribution in [1.82, 2.24) is 10.2 Å². The Kier molecular flexibility index (Phi) is 7.48. The number of ether oxygens (including phenoxy) is 1. The first kappa shape index (κ1) is 29.9. The van der Waals surface area contributed by atoms with E-state index in [1.165, 1.54) is 13.2 Å². The summed E-state index contributed by atoms with van der Waals surface area (Å²) in [5.41, 5.74) is 9.76. The number of fused-ring (bicyclic) bond motifs is 3. The van der Waals surface area contributed by atoms with Gasteiger partial charge in [0.05, 0.1) is 17.7 Å². The molecule has 3 fully saturated rings.